The Hall–Kier alpha value is -1.78. The summed E-state index contributed by atoms with van der Waals surface area (Å²) in [7, 11) is 0. The molecule has 0 heterocycles. The van der Waals surface area contributed by atoms with Crippen LogP contribution in [0.5, 0.6) is 5.75 Å². The van der Waals surface area contributed by atoms with Gasteiger partial charge in [0.25, 0.3) is 0 Å². The predicted octanol–water partition coefficient (Wildman–Crippen LogP) is 2.17. The monoisotopic (exact) mass is 265 g/mol. The smallest absolute Gasteiger partial charge is 0.328 e. The van der Waals surface area contributed by atoms with E-state index >= 15 is 0 Å². The van der Waals surface area contributed by atoms with Crippen LogP contribution in [-0.4, -0.2) is 21.7 Å². The quantitative estimate of drug-likeness (QED) is 0.765. The summed E-state index contributed by atoms with van der Waals surface area (Å²) in [6.45, 7) is 0. The van der Waals surface area contributed by atoms with Gasteiger partial charge in [0.05, 0.1) is 0 Å². The summed E-state index contributed by atoms with van der Waals surface area (Å²) in [5, 5.41) is 19.3. The minimum Gasteiger partial charge on any atom is -0.507 e. The zero-order chi connectivity index (χ0) is 13.3. The molecular weight excluding hydrogens is 254 g/mol. The number of hydrogen-bond acceptors (Lipinski definition) is 3. The molecule has 0 amide bonds. The molecule has 94 valence electrons. The molecule has 18 heavy (non-hydrogen) atoms. The summed E-state index contributed by atoms with van der Waals surface area (Å²) in [6, 6.07) is 4.62. The molecule has 5 heteroatoms. The molecule has 0 saturated carbocycles. The van der Waals surface area contributed by atoms with Crippen molar-refractivity contribution in [2.45, 2.75) is 12.0 Å². The number of carboxylic acid groups (broad SMARTS) is 1. The largest absolute Gasteiger partial charge is 0.507 e. The molecule has 0 bridgehead atoms. The van der Waals surface area contributed by atoms with E-state index in [1.54, 1.807) is 24.3 Å². The highest BCUT2D eigenvalue weighted by Crippen LogP contribution is 2.35. The van der Waals surface area contributed by atoms with Gasteiger partial charge in [-0.05, 0) is 23.8 Å². The van der Waals surface area contributed by atoms with Gasteiger partial charge in [-0.15, -0.1) is 0 Å². The van der Waals surface area contributed by atoms with Crippen LogP contribution in [0.4, 0.5) is 0 Å². The molecule has 1 aromatic carbocycles. The molecule has 1 aromatic rings. The van der Waals surface area contributed by atoms with Gasteiger partial charge in [0.15, 0.2) is 0 Å². The summed E-state index contributed by atoms with van der Waals surface area (Å²) in [5.74, 6) is -1.06. The second kappa shape index (κ2) is 4.48. The number of aromatic hydroxyl groups is 1. The Labute approximate surface area is 109 Å². The molecule has 0 saturated heterocycles. The summed E-state index contributed by atoms with van der Waals surface area (Å²) >= 11 is 5.87. The zero-order valence-corrected chi connectivity index (χ0v) is 10.2. The average molecular weight is 266 g/mol. The fourth-order valence-corrected chi connectivity index (χ4v) is 2.04. The van der Waals surface area contributed by atoms with Gasteiger partial charge in [0.2, 0.25) is 0 Å². The van der Waals surface area contributed by atoms with Crippen LogP contribution in [0.1, 0.15) is 12.0 Å². The van der Waals surface area contributed by atoms with E-state index in [9.17, 15) is 9.90 Å². The molecule has 4 nitrogen and oxygen atoms in total. The highest BCUT2D eigenvalue weighted by atomic mass is 35.5. The molecule has 1 aliphatic rings. The van der Waals surface area contributed by atoms with E-state index in [0.29, 0.717) is 16.2 Å². The zero-order valence-electron chi connectivity index (χ0n) is 9.43. The SMILES string of the molecule is NC1(C(=O)O)C=CC=C(c2cc(Cl)ccc2O)C1. The lowest BCUT2D eigenvalue weighted by atomic mass is 9.84. The van der Waals surface area contributed by atoms with E-state index in [4.69, 9.17) is 22.4 Å². The third-order valence-electron chi connectivity index (χ3n) is 2.88. The maximum atomic E-state index is 11.1. The van der Waals surface area contributed by atoms with Crippen LogP contribution in [-0.2, 0) is 4.79 Å². The van der Waals surface area contributed by atoms with Crippen LogP contribution >= 0.6 is 11.6 Å². The molecule has 1 aliphatic carbocycles. The Morgan fingerprint density at radius 2 is 2.17 bits per heavy atom. The van der Waals surface area contributed by atoms with Crippen LogP contribution in [0.15, 0.2) is 36.4 Å². The van der Waals surface area contributed by atoms with Crippen molar-refractivity contribution in [3.05, 3.63) is 47.0 Å². The lowest BCUT2D eigenvalue weighted by Gasteiger charge is -2.25. The Balaban J connectivity index is 2.41. The third-order valence-corrected chi connectivity index (χ3v) is 3.11. The number of carbonyl (C=O) groups is 1. The van der Waals surface area contributed by atoms with Crippen LogP contribution in [0, 0.1) is 0 Å². The van der Waals surface area contributed by atoms with Gasteiger partial charge in [-0.25, -0.2) is 4.79 Å². The van der Waals surface area contributed by atoms with Gasteiger partial charge in [0.1, 0.15) is 11.3 Å². The average Bonchev–Trinajstić information content (AvgIpc) is 2.32. The van der Waals surface area contributed by atoms with E-state index in [0.717, 1.165) is 0 Å². The summed E-state index contributed by atoms with van der Waals surface area (Å²) < 4.78 is 0. The molecule has 1 atom stereocenters. The lowest BCUT2D eigenvalue weighted by molar-refractivity contribution is -0.141. The first kappa shape index (κ1) is 12.7. The van der Waals surface area contributed by atoms with Crippen molar-refractivity contribution in [3.63, 3.8) is 0 Å². The molecule has 4 N–H and O–H groups in total. The maximum absolute atomic E-state index is 11.1. The number of phenols is 1. The van der Waals surface area contributed by atoms with Crippen molar-refractivity contribution in [3.8, 4) is 5.75 Å². The van der Waals surface area contributed by atoms with E-state index in [-0.39, 0.29) is 12.2 Å². The minimum absolute atomic E-state index is 0.0497. The van der Waals surface area contributed by atoms with Crippen molar-refractivity contribution in [2.24, 2.45) is 5.73 Å². The van der Waals surface area contributed by atoms with Gasteiger partial charge < -0.3 is 15.9 Å². The normalized spacial score (nSPS) is 22.7. The number of hydrogen-bond donors (Lipinski definition) is 3. The molecule has 1 unspecified atom stereocenters. The molecule has 0 radical (unpaired) electrons. The first-order chi connectivity index (χ1) is 8.42. The third kappa shape index (κ3) is 2.25. The number of phenolic OH excluding ortho intramolecular Hbond substituents is 1. The van der Waals surface area contributed by atoms with Gasteiger partial charge in [0, 0.05) is 17.0 Å². The van der Waals surface area contributed by atoms with Crippen LogP contribution < -0.4 is 5.73 Å². The molecule has 0 fully saturated rings. The topological polar surface area (TPSA) is 83.6 Å². The summed E-state index contributed by atoms with van der Waals surface area (Å²) in [5.41, 5.74) is 5.47. The summed E-state index contributed by atoms with van der Waals surface area (Å²) in [4.78, 5) is 11.1. The van der Waals surface area contributed by atoms with Gasteiger partial charge in [-0.1, -0.05) is 29.8 Å². The van der Waals surface area contributed by atoms with E-state index in [1.807, 2.05) is 0 Å². The Morgan fingerprint density at radius 3 is 2.83 bits per heavy atom. The van der Waals surface area contributed by atoms with E-state index in [1.165, 1.54) is 12.1 Å². The van der Waals surface area contributed by atoms with Crippen molar-refractivity contribution in [1.29, 1.82) is 0 Å². The van der Waals surface area contributed by atoms with E-state index in [2.05, 4.69) is 0 Å². The fourth-order valence-electron chi connectivity index (χ4n) is 1.87. The Morgan fingerprint density at radius 1 is 1.44 bits per heavy atom. The highest BCUT2D eigenvalue weighted by Gasteiger charge is 2.34. The number of aliphatic carboxylic acids is 1. The number of benzene rings is 1. The second-order valence-corrected chi connectivity index (χ2v) is 4.67. The predicted molar refractivity (Wildman–Crippen MR) is 69.4 cm³/mol. The standard InChI is InChI=1S/C13H12ClNO3/c14-9-3-4-11(16)10(6-9)8-2-1-5-13(15,7-8)12(17)18/h1-6,16H,7,15H2,(H,17,18). The van der Waals surface area contributed by atoms with Crippen molar-refractivity contribution >= 4 is 23.1 Å². The van der Waals surface area contributed by atoms with Crippen LogP contribution in [0.25, 0.3) is 5.57 Å². The molecular formula is C13H12ClNO3. The van der Waals surface area contributed by atoms with Crippen molar-refractivity contribution in [1.82, 2.24) is 0 Å². The molecule has 0 spiro atoms. The Kier molecular flexibility index (Phi) is 3.15. The van der Waals surface area contributed by atoms with Gasteiger partial charge >= 0.3 is 5.97 Å². The first-order valence-corrected chi connectivity index (χ1v) is 5.70. The van der Waals surface area contributed by atoms with E-state index < -0.39 is 11.5 Å². The van der Waals surface area contributed by atoms with Gasteiger partial charge in [-0.3, -0.25) is 0 Å². The van der Waals surface area contributed by atoms with Crippen LogP contribution in [0.2, 0.25) is 5.02 Å². The van der Waals surface area contributed by atoms with Crippen molar-refractivity contribution in [2.75, 3.05) is 0 Å². The number of halogens is 1. The highest BCUT2D eigenvalue weighted by molar-refractivity contribution is 6.30. The maximum Gasteiger partial charge on any atom is 0.328 e. The number of allylic oxidation sites excluding steroid dienone is 2. The minimum atomic E-state index is -1.45. The van der Waals surface area contributed by atoms with Crippen molar-refractivity contribution < 1.29 is 15.0 Å². The molecule has 2 rings (SSSR count). The fraction of sp³-hybridized carbons (Fsp3) is 0.154. The number of rotatable bonds is 2. The lowest BCUT2D eigenvalue weighted by Crippen LogP contribution is -2.46. The first-order valence-electron chi connectivity index (χ1n) is 5.32. The second-order valence-electron chi connectivity index (χ2n) is 4.23. The Bertz CT molecular complexity index is 565. The van der Waals surface area contributed by atoms with Crippen LogP contribution in [0.3, 0.4) is 0 Å². The molecule has 0 aromatic heterocycles. The number of nitrogens with two attached hydrogens (primary N) is 1. The van der Waals surface area contributed by atoms with Gasteiger partial charge in [-0.2, -0.15) is 0 Å². The molecule has 0 aliphatic heterocycles. The summed E-state index contributed by atoms with van der Waals surface area (Å²) in [6.07, 6.45) is 4.83. The number of carboxylic acids is 1.